The largest absolute Gasteiger partial charge is 0.279 e. The molecule has 0 aliphatic carbocycles. The van der Waals surface area contributed by atoms with Crippen molar-refractivity contribution in [3.8, 4) is 0 Å². The maximum absolute atomic E-state index is 5.80. The highest BCUT2D eigenvalue weighted by atomic mass is 35.5. The third-order valence-corrected chi connectivity index (χ3v) is 3.36. The Bertz CT molecular complexity index is 524. The zero-order valence-electron chi connectivity index (χ0n) is 10.3. The summed E-state index contributed by atoms with van der Waals surface area (Å²) < 4.78 is 0. The molecule has 0 atom stereocenters. The van der Waals surface area contributed by atoms with Crippen molar-refractivity contribution < 1.29 is 0 Å². The molecule has 2 nitrogen and oxygen atoms in total. The highest BCUT2D eigenvalue weighted by molar-refractivity contribution is 7.98. The van der Waals surface area contributed by atoms with Crippen molar-refractivity contribution in [1.29, 1.82) is 0 Å². The zero-order valence-corrected chi connectivity index (χ0v) is 12.7. The first kappa shape index (κ1) is 15.9. The van der Waals surface area contributed by atoms with Crippen LogP contribution in [0.15, 0.2) is 58.5 Å². The van der Waals surface area contributed by atoms with Gasteiger partial charge in [0.15, 0.2) is 0 Å². The molecule has 0 aromatic heterocycles. The summed E-state index contributed by atoms with van der Waals surface area (Å²) in [5, 5.41) is 4.89. The summed E-state index contributed by atoms with van der Waals surface area (Å²) in [6.45, 7) is 0. The van der Waals surface area contributed by atoms with E-state index in [-0.39, 0.29) is 12.4 Å². The van der Waals surface area contributed by atoms with E-state index in [2.05, 4.69) is 28.9 Å². The van der Waals surface area contributed by atoms with Crippen LogP contribution in [0.1, 0.15) is 5.56 Å². The first-order chi connectivity index (χ1) is 8.78. The molecule has 2 aromatic carbocycles. The van der Waals surface area contributed by atoms with E-state index in [9.17, 15) is 0 Å². The molecule has 0 saturated heterocycles. The standard InChI is InChI=1S/C14H13ClN2S.ClH/c1-18-14-8-2-11(3-9-14)10-16-17-13-6-4-12(15)5-7-13;/h2-10,17H,1H3;1H. The van der Waals surface area contributed by atoms with Gasteiger partial charge in [-0.2, -0.15) is 5.10 Å². The van der Waals surface area contributed by atoms with E-state index in [0.29, 0.717) is 0 Å². The van der Waals surface area contributed by atoms with E-state index in [0.717, 1.165) is 16.3 Å². The van der Waals surface area contributed by atoms with Gasteiger partial charge >= 0.3 is 0 Å². The Balaban J connectivity index is 0.00000180. The van der Waals surface area contributed by atoms with Gasteiger partial charge in [0, 0.05) is 9.92 Å². The Hall–Kier alpha value is -1.16. The van der Waals surface area contributed by atoms with Gasteiger partial charge < -0.3 is 0 Å². The number of nitrogens with zero attached hydrogens (tertiary/aromatic N) is 1. The molecule has 2 aromatic rings. The molecule has 100 valence electrons. The lowest BCUT2D eigenvalue weighted by Gasteiger charge is -2.00. The van der Waals surface area contributed by atoms with Gasteiger partial charge in [0.05, 0.1) is 11.9 Å². The van der Waals surface area contributed by atoms with Crippen molar-refractivity contribution >= 4 is 47.7 Å². The summed E-state index contributed by atoms with van der Waals surface area (Å²) in [6, 6.07) is 15.7. The maximum Gasteiger partial charge on any atom is 0.0562 e. The van der Waals surface area contributed by atoms with Crippen LogP contribution in [0, 0.1) is 0 Å². The number of hydrogen-bond acceptors (Lipinski definition) is 3. The molecular formula is C14H14Cl2N2S. The Morgan fingerprint density at radius 3 is 2.26 bits per heavy atom. The average Bonchev–Trinajstić information content (AvgIpc) is 2.42. The van der Waals surface area contributed by atoms with Crippen molar-refractivity contribution in [1.82, 2.24) is 0 Å². The van der Waals surface area contributed by atoms with Crippen LogP contribution in [0.5, 0.6) is 0 Å². The van der Waals surface area contributed by atoms with Gasteiger partial charge in [0.25, 0.3) is 0 Å². The van der Waals surface area contributed by atoms with Gasteiger partial charge in [-0.3, -0.25) is 5.43 Å². The molecule has 0 amide bonds. The van der Waals surface area contributed by atoms with Crippen LogP contribution in [0.4, 0.5) is 5.69 Å². The smallest absolute Gasteiger partial charge is 0.0562 e. The van der Waals surface area contributed by atoms with Crippen molar-refractivity contribution in [2.75, 3.05) is 11.7 Å². The SMILES string of the molecule is CSc1ccc(C=NNc2ccc(Cl)cc2)cc1.Cl. The van der Waals surface area contributed by atoms with E-state index in [4.69, 9.17) is 11.6 Å². The predicted molar refractivity (Wildman–Crippen MR) is 88.1 cm³/mol. The number of thioether (sulfide) groups is 1. The first-order valence-corrected chi connectivity index (χ1v) is 7.07. The molecule has 0 aliphatic rings. The summed E-state index contributed by atoms with van der Waals surface area (Å²) in [4.78, 5) is 1.25. The number of hydrogen-bond donors (Lipinski definition) is 1. The lowest BCUT2D eigenvalue weighted by Crippen LogP contribution is -1.90. The third kappa shape index (κ3) is 5.15. The molecule has 0 saturated carbocycles. The number of nitrogens with one attached hydrogen (secondary N) is 1. The van der Waals surface area contributed by atoms with Crippen LogP contribution in [0.2, 0.25) is 5.02 Å². The molecule has 0 spiro atoms. The van der Waals surface area contributed by atoms with Crippen molar-refractivity contribution in [2.24, 2.45) is 5.10 Å². The number of benzene rings is 2. The minimum absolute atomic E-state index is 0. The lowest BCUT2D eigenvalue weighted by atomic mass is 10.2. The molecule has 1 N–H and O–H groups in total. The van der Waals surface area contributed by atoms with Crippen molar-refractivity contribution in [3.05, 3.63) is 59.1 Å². The van der Waals surface area contributed by atoms with E-state index in [1.54, 1.807) is 18.0 Å². The molecule has 0 unspecified atom stereocenters. The Labute approximate surface area is 128 Å². The highest BCUT2D eigenvalue weighted by Crippen LogP contribution is 2.15. The average molecular weight is 313 g/mol. The molecular weight excluding hydrogens is 299 g/mol. The van der Waals surface area contributed by atoms with Gasteiger partial charge in [0.2, 0.25) is 0 Å². The summed E-state index contributed by atoms with van der Waals surface area (Å²) in [5.74, 6) is 0. The van der Waals surface area contributed by atoms with Crippen LogP contribution in [0.25, 0.3) is 0 Å². The highest BCUT2D eigenvalue weighted by Gasteiger charge is 1.91. The monoisotopic (exact) mass is 312 g/mol. The molecule has 5 heteroatoms. The Morgan fingerprint density at radius 2 is 1.68 bits per heavy atom. The molecule has 0 fully saturated rings. The summed E-state index contributed by atoms with van der Waals surface area (Å²) in [5.41, 5.74) is 4.93. The summed E-state index contributed by atoms with van der Waals surface area (Å²) in [7, 11) is 0. The zero-order chi connectivity index (χ0) is 12.8. The summed E-state index contributed by atoms with van der Waals surface area (Å²) >= 11 is 7.53. The Morgan fingerprint density at radius 1 is 1.05 bits per heavy atom. The topological polar surface area (TPSA) is 24.4 Å². The minimum Gasteiger partial charge on any atom is -0.279 e. The maximum atomic E-state index is 5.80. The van der Waals surface area contributed by atoms with Gasteiger partial charge in [-0.05, 0) is 48.2 Å². The van der Waals surface area contributed by atoms with Crippen LogP contribution in [-0.4, -0.2) is 12.5 Å². The van der Waals surface area contributed by atoms with E-state index >= 15 is 0 Å². The normalized spacial score (nSPS) is 10.2. The molecule has 0 heterocycles. The van der Waals surface area contributed by atoms with E-state index < -0.39 is 0 Å². The second-order valence-electron chi connectivity index (χ2n) is 3.65. The van der Waals surface area contributed by atoms with Gasteiger partial charge in [-0.15, -0.1) is 24.2 Å². The fraction of sp³-hybridized carbons (Fsp3) is 0.0714. The van der Waals surface area contributed by atoms with Gasteiger partial charge in [-0.25, -0.2) is 0 Å². The molecule has 0 radical (unpaired) electrons. The van der Waals surface area contributed by atoms with Crippen LogP contribution in [-0.2, 0) is 0 Å². The van der Waals surface area contributed by atoms with Gasteiger partial charge in [-0.1, -0.05) is 23.7 Å². The van der Waals surface area contributed by atoms with E-state index in [1.807, 2.05) is 36.4 Å². The molecule has 0 aliphatic heterocycles. The Kier molecular flexibility index (Phi) is 6.78. The number of rotatable bonds is 4. The predicted octanol–water partition coefficient (Wildman–Crippen LogP) is 4.93. The number of halogens is 2. The lowest BCUT2D eigenvalue weighted by molar-refractivity contribution is 1.35. The fourth-order valence-electron chi connectivity index (χ4n) is 1.40. The van der Waals surface area contributed by atoms with Crippen LogP contribution < -0.4 is 5.43 Å². The molecule has 19 heavy (non-hydrogen) atoms. The second kappa shape index (κ2) is 8.10. The number of anilines is 1. The third-order valence-electron chi connectivity index (χ3n) is 2.37. The van der Waals surface area contributed by atoms with Crippen LogP contribution in [0.3, 0.4) is 0 Å². The van der Waals surface area contributed by atoms with E-state index in [1.165, 1.54) is 4.90 Å². The quantitative estimate of drug-likeness (QED) is 0.492. The first-order valence-electron chi connectivity index (χ1n) is 5.46. The minimum atomic E-state index is 0. The van der Waals surface area contributed by atoms with Crippen molar-refractivity contribution in [3.63, 3.8) is 0 Å². The van der Waals surface area contributed by atoms with Crippen LogP contribution >= 0.6 is 35.8 Å². The summed E-state index contributed by atoms with van der Waals surface area (Å²) in [6.07, 6.45) is 3.85. The fourth-order valence-corrected chi connectivity index (χ4v) is 1.93. The number of hydrazone groups is 1. The van der Waals surface area contributed by atoms with Crippen molar-refractivity contribution in [2.45, 2.75) is 4.90 Å². The van der Waals surface area contributed by atoms with Gasteiger partial charge in [0.1, 0.15) is 0 Å². The molecule has 0 bridgehead atoms. The molecule has 2 rings (SSSR count). The second-order valence-corrected chi connectivity index (χ2v) is 4.97.